The summed E-state index contributed by atoms with van der Waals surface area (Å²) < 4.78 is 0. The fraction of sp³-hybridized carbons (Fsp3) is 0.650. The third-order valence-corrected chi connectivity index (χ3v) is 6.60. The topological polar surface area (TPSA) is 79.1 Å². The molecule has 7 nitrogen and oxygen atoms in total. The average Bonchev–Trinajstić information content (AvgIpc) is 3.39. The largest absolute Gasteiger partial charge is 0.392 e. The molecule has 1 aromatic carbocycles. The molecule has 0 radical (unpaired) electrons. The summed E-state index contributed by atoms with van der Waals surface area (Å²) in [5.41, 5.74) is 2.27. The van der Waals surface area contributed by atoms with Gasteiger partial charge in [-0.25, -0.2) is 0 Å². The molecule has 3 aliphatic rings. The first-order valence-corrected chi connectivity index (χ1v) is 10.2. The van der Waals surface area contributed by atoms with Gasteiger partial charge in [-0.3, -0.25) is 0 Å². The molecule has 144 valence electrons. The lowest BCUT2D eigenvalue weighted by Gasteiger charge is -2.39. The molecule has 0 spiro atoms. The van der Waals surface area contributed by atoms with Gasteiger partial charge in [0.25, 0.3) is 0 Å². The van der Waals surface area contributed by atoms with Gasteiger partial charge in [0.2, 0.25) is 5.82 Å². The van der Waals surface area contributed by atoms with E-state index in [1.54, 1.807) is 7.05 Å². The van der Waals surface area contributed by atoms with Crippen LogP contribution in [0.15, 0.2) is 24.3 Å². The number of aliphatic hydroxyl groups is 1. The molecular formula is C20H28N6O. The third-order valence-electron chi connectivity index (χ3n) is 6.60. The van der Waals surface area contributed by atoms with Gasteiger partial charge in [-0.2, -0.15) is 4.80 Å². The number of aliphatic hydroxyl groups excluding tert-OH is 1. The second-order valence-electron chi connectivity index (χ2n) is 8.44. The van der Waals surface area contributed by atoms with E-state index in [2.05, 4.69) is 49.9 Å². The van der Waals surface area contributed by atoms with Crippen molar-refractivity contribution in [3.8, 4) is 11.4 Å². The molecule has 2 saturated carbocycles. The highest BCUT2D eigenvalue weighted by molar-refractivity contribution is 5.61. The molecule has 3 fully saturated rings. The second-order valence-corrected chi connectivity index (χ2v) is 8.44. The van der Waals surface area contributed by atoms with Crippen molar-refractivity contribution in [1.82, 2.24) is 25.5 Å². The zero-order valence-corrected chi connectivity index (χ0v) is 15.8. The lowest BCUT2D eigenvalue weighted by Crippen LogP contribution is -2.54. The van der Waals surface area contributed by atoms with Crippen LogP contribution in [0.3, 0.4) is 0 Å². The highest BCUT2D eigenvalue weighted by Gasteiger charge is 2.46. The Morgan fingerprint density at radius 1 is 1.07 bits per heavy atom. The van der Waals surface area contributed by atoms with Crippen molar-refractivity contribution in [3.63, 3.8) is 0 Å². The minimum absolute atomic E-state index is 0.176. The number of nitrogens with zero attached hydrogens (tertiary/aromatic N) is 5. The molecule has 2 N–H and O–H groups in total. The summed E-state index contributed by atoms with van der Waals surface area (Å²) in [5.74, 6) is 1.42. The first-order valence-electron chi connectivity index (χ1n) is 10.2. The molecule has 1 saturated heterocycles. The molecule has 2 aromatic rings. The van der Waals surface area contributed by atoms with Crippen molar-refractivity contribution in [2.75, 3.05) is 11.4 Å². The summed E-state index contributed by atoms with van der Waals surface area (Å²) in [4.78, 5) is 4.04. The van der Waals surface area contributed by atoms with Crippen LogP contribution in [0.1, 0.15) is 38.5 Å². The Hall–Kier alpha value is -1.99. The minimum atomic E-state index is -0.176. The summed E-state index contributed by atoms with van der Waals surface area (Å²) in [6, 6.07) is 9.83. The van der Waals surface area contributed by atoms with Crippen LogP contribution in [0, 0.1) is 5.92 Å². The van der Waals surface area contributed by atoms with Gasteiger partial charge in [-0.05, 0) is 61.1 Å². The van der Waals surface area contributed by atoms with Crippen molar-refractivity contribution in [3.05, 3.63) is 24.3 Å². The Balaban J connectivity index is 1.29. The van der Waals surface area contributed by atoms with E-state index in [0.717, 1.165) is 37.3 Å². The van der Waals surface area contributed by atoms with Crippen LogP contribution in [0.25, 0.3) is 11.4 Å². The van der Waals surface area contributed by atoms with Crippen LogP contribution in [0.2, 0.25) is 0 Å². The summed E-state index contributed by atoms with van der Waals surface area (Å²) in [6.45, 7) is 1.14. The number of nitrogens with one attached hydrogen (secondary N) is 1. The van der Waals surface area contributed by atoms with E-state index in [1.807, 2.05) is 0 Å². The number of hydrogen-bond donors (Lipinski definition) is 2. The number of hydrogen-bond acceptors (Lipinski definition) is 6. The van der Waals surface area contributed by atoms with Gasteiger partial charge < -0.3 is 15.3 Å². The maximum atomic E-state index is 10.3. The maximum Gasteiger partial charge on any atom is 0.204 e. The van der Waals surface area contributed by atoms with Crippen molar-refractivity contribution < 1.29 is 5.11 Å². The van der Waals surface area contributed by atoms with Gasteiger partial charge in [0.05, 0.1) is 13.2 Å². The summed E-state index contributed by atoms with van der Waals surface area (Å²) in [6.07, 6.45) is 6.77. The lowest BCUT2D eigenvalue weighted by molar-refractivity contribution is 0.0829. The summed E-state index contributed by atoms with van der Waals surface area (Å²) >= 11 is 0. The van der Waals surface area contributed by atoms with Crippen molar-refractivity contribution in [2.45, 2.75) is 62.8 Å². The lowest BCUT2D eigenvalue weighted by atomic mass is 9.91. The third kappa shape index (κ3) is 3.23. The number of tetrazole rings is 1. The summed E-state index contributed by atoms with van der Waals surface area (Å²) in [7, 11) is 1.78. The van der Waals surface area contributed by atoms with Gasteiger partial charge >= 0.3 is 0 Å². The molecule has 2 aliphatic carbocycles. The van der Waals surface area contributed by atoms with E-state index in [-0.39, 0.29) is 12.1 Å². The van der Waals surface area contributed by atoms with E-state index in [0.29, 0.717) is 17.9 Å². The van der Waals surface area contributed by atoms with E-state index in [1.165, 1.54) is 29.7 Å². The van der Waals surface area contributed by atoms with Gasteiger partial charge in [0, 0.05) is 35.9 Å². The van der Waals surface area contributed by atoms with Crippen LogP contribution < -0.4 is 10.2 Å². The van der Waals surface area contributed by atoms with Crippen LogP contribution in [-0.4, -0.2) is 56.1 Å². The quantitative estimate of drug-likeness (QED) is 0.856. The number of benzene rings is 1. The van der Waals surface area contributed by atoms with Crippen LogP contribution >= 0.6 is 0 Å². The highest BCUT2D eigenvalue weighted by Crippen LogP contribution is 2.41. The molecule has 27 heavy (non-hydrogen) atoms. The molecule has 7 heteroatoms. The number of anilines is 1. The van der Waals surface area contributed by atoms with Gasteiger partial charge in [-0.15, -0.1) is 10.2 Å². The highest BCUT2D eigenvalue weighted by atomic mass is 16.3. The minimum Gasteiger partial charge on any atom is -0.392 e. The predicted octanol–water partition coefficient (Wildman–Crippen LogP) is 1.74. The maximum absolute atomic E-state index is 10.3. The molecule has 5 atom stereocenters. The van der Waals surface area contributed by atoms with E-state index in [4.69, 9.17) is 0 Å². The Labute approximate surface area is 159 Å². The first kappa shape index (κ1) is 17.1. The van der Waals surface area contributed by atoms with Crippen molar-refractivity contribution >= 4 is 5.69 Å². The second kappa shape index (κ2) is 6.87. The van der Waals surface area contributed by atoms with Crippen molar-refractivity contribution in [2.24, 2.45) is 13.0 Å². The Kier molecular flexibility index (Phi) is 4.36. The number of aryl methyl sites for hydroxylation is 1. The molecule has 2 heterocycles. The fourth-order valence-electron chi connectivity index (χ4n) is 5.28. The number of piperidine rings is 1. The zero-order valence-electron chi connectivity index (χ0n) is 15.8. The standard InChI is InChI=1S/C20H28N6O/c1-25-23-20(22-24-25)14-6-8-15(9-7-14)26-12-13-10-17(18(26)11-13)21-16-4-2-3-5-19(16)27/h6-9,13,16-19,21,27H,2-5,10-12H2,1H3/t13-,16-,17+,18-,19-/m1/s1. The van der Waals surface area contributed by atoms with E-state index >= 15 is 0 Å². The Morgan fingerprint density at radius 2 is 1.89 bits per heavy atom. The molecule has 0 amide bonds. The molecule has 5 rings (SSSR count). The molecule has 0 unspecified atom stereocenters. The van der Waals surface area contributed by atoms with Gasteiger partial charge in [-0.1, -0.05) is 12.8 Å². The molecular weight excluding hydrogens is 340 g/mol. The fourth-order valence-corrected chi connectivity index (χ4v) is 5.28. The van der Waals surface area contributed by atoms with Crippen LogP contribution in [-0.2, 0) is 7.05 Å². The number of rotatable bonds is 4. The van der Waals surface area contributed by atoms with E-state index in [9.17, 15) is 5.11 Å². The average molecular weight is 368 g/mol. The summed E-state index contributed by atoms with van der Waals surface area (Å²) in [5, 5.41) is 26.4. The Morgan fingerprint density at radius 3 is 2.59 bits per heavy atom. The van der Waals surface area contributed by atoms with Gasteiger partial charge in [0.1, 0.15) is 0 Å². The first-order chi connectivity index (χ1) is 13.2. The molecule has 1 aliphatic heterocycles. The monoisotopic (exact) mass is 368 g/mol. The predicted molar refractivity (Wildman–Crippen MR) is 103 cm³/mol. The van der Waals surface area contributed by atoms with Crippen LogP contribution in [0.4, 0.5) is 5.69 Å². The molecule has 2 bridgehead atoms. The molecule has 1 aromatic heterocycles. The smallest absolute Gasteiger partial charge is 0.204 e. The normalized spacial score (nSPS) is 33.0. The SMILES string of the molecule is Cn1nnc(-c2ccc(N3C[C@@H]4C[C@H](N[C@@H]5CCCC[C@H]5O)[C@H]3C4)cc2)n1. The zero-order chi connectivity index (χ0) is 18.4. The van der Waals surface area contributed by atoms with Crippen LogP contribution in [0.5, 0.6) is 0 Å². The number of aromatic nitrogens is 4. The van der Waals surface area contributed by atoms with Crippen molar-refractivity contribution in [1.29, 1.82) is 0 Å². The number of fused-ring (bicyclic) bond motifs is 2. The Bertz CT molecular complexity index is 790. The van der Waals surface area contributed by atoms with E-state index < -0.39 is 0 Å². The van der Waals surface area contributed by atoms with Gasteiger partial charge in [0.15, 0.2) is 0 Å².